The number of carboxylic acid groups (broad SMARTS) is 1. The number of aromatic carboxylic acids is 1. The van der Waals surface area contributed by atoms with E-state index >= 15 is 0 Å². The van der Waals surface area contributed by atoms with Gasteiger partial charge < -0.3 is 15.4 Å². The first-order valence-corrected chi connectivity index (χ1v) is 6.89. The van der Waals surface area contributed by atoms with E-state index in [-0.39, 0.29) is 11.6 Å². The second-order valence-corrected chi connectivity index (χ2v) is 5.44. The summed E-state index contributed by atoms with van der Waals surface area (Å²) >= 11 is 1.48. The fraction of sp³-hybridized carbons (Fsp3) is 0.308. The van der Waals surface area contributed by atoms with E-state index < -0.39 is 5.97 Å². The molecule has 0 fully saturated rings. The number of carboxylic acids is 1. The molecule has 106 valence electrons. The van der Waals surface area contributed by atoms with Gasteiger partial charge in [0.15, 0.2) is 0 Å². The average molecular weight is 293 g/mol. The van der Waals surface area contributed by atoms with Crippen molar-refractivity contribution in [2.24, 2.45) is 0 Å². The van der Waals surface area contributed by atoms with Crippen molar-refractivity contribution in [2.45, 2.75) is 27.3 Å². The molecular formula is C13H15N3O3S. The van der Waals surface area contributed by atoms with E-state index in [1.165, 1.54) is 11.3 Å². The highest BCUT2D eigenvalue weighted by molar-refractivity contribution is 7.09. The zero-order valence-electron chi connectivity index (χ0n) is 11.4. The van der Waals surface area contributed by atoms with E-state index in [1.807, 2.05) is 12.3 Å². The normalized spacial score (nSPS) is 10.6. The first-order valence-electron chi connectivity index (χ1n) is 6.01. The molecule has 0 unspecified atom stereocenters. The number of aromatic amines is 1. The van der Waals surface area contributed by atoms with Crippen LogP contribution in [-0.4, -0.2) is 27.0 Å². The Balaban J connectivity index is 2.15. The highest BCUT2D eigenvalue weighted by atomic mass is 32.1. The summed E-state index contributed by atoms with van der Waals surface area (Å²) in [6.45, 7) is 5.53. The van der Waals surface area contributed by atoms with Crippen LogP contribution in [0.15, 0.2) is 5.38 Å². The molecule has 2 aromatic rings. The van der Waals surface area contributed by atoms with E-state index in [4.69, 9.17) is 5.11 Å². The van der Waals surface area contributed by atoms with Crippen LogP contribution in [0.2, 0.25) is 0 Å². The number of nitrogens with one attached hydrogen (secondary N) is 2. The molecule has 1 amide bonds. The molecule has 0 spiro atoms. The molecule has 2 aromatic heterocycles. The van der Waals surface area contributed by atoms with Gasteiger partial charge in [0.1, 0.15) is 10.7 Å². The second-order valence-electron chi connectivity index (χ2n) is 4.50. The maximum Gasteiger partial charge on any atom is 0.352 e. The van der Waals surface area contributed by atoms with Gasteiger partial charge in [0.2, 0.25) is 0 Å². The molecule has 3 N–H and O–H groups in total. The Morgan fingerprint density at radius 2 is 2.10 bits per heavy atom. The number of aryl methyl sites for hydroxylation is 2. The van der Waals surface area contributed by atoms with Crippen LogP contribution in [0.25, 0.3) is 0 Å². The van der Waals surface area contributed by atoms with Gasteiger partial charge >= 0.3 is 5.97 Å². The van der Waals surface area contributed by atoms with Crippen LogP contribution in [0.1, 0.15) is 42.8 Å². The highest BCUT2D eigenvalue weighted by Gasteiger charge is 2.21. The third-order valence-electron chi connectivity index (χ3n) is 2.95. The third-order valence-corrected chi connectivity index (χ3v) is 3.91. The number of amides is 1. The number of hydrogen-bond donors (Lipinski definition) is 3. The Morgan fingerprint density at radius 3 is 2.60 bits per heavy atom. The van der Waals surface area contributed by atoms with Crippen LogP contribution >= 0.6 is 11.3 Å². The zero-order chi connectivity index (χ0) is 14.9. The van der Waals surface area contributed by atoms with Crippen molar-refractivity contribution in [3.05, 3.63) is 38.6 Å². The van der Waals surface area contributed by atoms with Crippen LogP contribution in [0.3, 0.4) is 0 Å². The topological polar surface area (TPSA) is 95.1 Å². The first kappa shape index (κ1) is 14.3. The second kappa shape index (κ2) is 5.46. The summed E-state index contributed by atoms with van der Waals surface area (Å²) in [4.78, 5) is 30.2. The molecule has 0 radical (unpaired) electrons. The average Bonchev–Trinajstić information content (AvgIpc) is 2.91. The SMILES string of the molecule is Cc1csc(CNC(=O)c2c(C)[nH]c(C(=O)O)c2C)n1. The first-order chi connectivity index (χ1) is 9.40. The molecule has 0 bridgehead atoms. The molecule has 20 heavy (non-hydrogen) atoms. The van der Waals surface area contributed by atoms with Gasteiger partial charge in [-0.3, -0.25) is 4.79 Å². The molecule has 0 aromatic carbocycles. The van der Waals surface area contributed by atoms with Gasteiger partial charge in [0.25, 0.3) is 5.91 Å². The minimum atomic E-state index is -1.07. The van der Waals surface area contributed by atoms with Crippen molar-refractivity contribution in [2.75, 3.05) is 0 Å². The zero-order valence-corrected chi connectivity index (χ0v) is 12.2. The van der Waals surface area contributed by atoms with Crippen molar-refractivity contribution in [3.63, 3.8) is 0 Å². The summed E-state index contributed by atoms with van der Waals surface area (Å²) in [7, 11) is 0. The van der Waals surface area contributed by atoms with Crippen molar-refractivity contribution in [3.8, 4) is 0 Å². The number of carbonyl (C=O) groups is 2. The summed E-state index contributed by atoms with van der Waals surface area (Å²) in [5.74, 6) is -1.36. The Labute approximate surface area is 119 Å². The van der Waals surface area contributed by atoms with E-state index in [2.05, 4.69) is 15.3 Å². The van der Waals surface area contributed by atoms with Crippen LogP contribution in [-0.2, 0) is 6.54 Å². The molecule has 0 saturated heterocycles. The minimum absolute atomic E-state index is 0.0535. The fourth-order valence-corrected chi connectivity index (χ4v) is 2.74. The van der Waals surface area contributed by atoms with Crippen LogP contribution in [0.4, 0.5) is 0 Å². The molecule has 6 nitrogen and oxygen atoms in total. The number of hydrogen-bond acceptors (Lipinski definition) is 4. The Kier molecular flexibility index (Phi) is 3.89. The summed E-state index contributed by atoms with van der Waals surface area (Å²) in [6, 6.07) is 0. The Bertz CT molecular complexity index is 672. The predicted octanol–water partition coefficient (Wildman–Crippen LogP) is 2.02. The number of carbonyl (C=O) groups excluding carboxylic acids is 1. The smallest absolute Gasteiger partial charge is 0.352 e. The summed E-state index contributed by atoms with van der Waals surface area (Å²) in [6.07, 6.45) is 0. The lowest BCUT2D eigenvalue weighted by Crippen LogP contribution is -2.23. The van der Waals surface area contributed by atoms with Crippen molar-refractivity contribution >= 4 is 23.2 Å². The summed E-state index contributed by atoms with van der Waals surface area (Å²) in [5, 5.41) is 14.5. The van der Waals surface area contributed by atoms with Gasteiger partial charge in [0, 0.05) is 16.8 Å². The van der Waals surface area contributed by atoms with E-state index in [1.54, 1.807) is 13.8 Å². The fourth-order valence-electron chi connectivity index (χ4n) is 2.03. The molecule has 0 saturated carbocycles. The maximum absolute atomic E-state index is 12.2. The van der Waals surface area contributed by atoms with Crippen LogP contribution < -0.4 is 5.32 Å². The van der Waals surface area contributed by atoms with Crippen molar-refractivity contribution in [1.29, 1.82) is 0 Å². The molecule has 0 aliphatic rings. The van der Waals surface area contributed by atoms with Gasteiger partial charge in [-0.2, -0.15) is 0 Å². The lowest BCUT2D eigenvalue weighted by atomic mass is 10.1. The minimum Gasteiger partial charge on any atom is -0.477 e. The Hall–Kier alpha value is -2.15. The van der Waals surface area contributed by atoms with E-state index in [0.29, 0.717) is 23.4 Å². The molecular weight excluding hydrogens is 278 g/mol. The number of thiazole rings is 1. The maximum atomic E-state index is 12.2. The van der Waals surface area contributed by atoms with Gasteiger partial charge in [-0.05, 0) is 26.3 Å². The van der Waals surface area contributed by atoms with Crippen LogP contribution in [0.5, 0.6) is 0 Å². The standard InChI is InChI=1S/C13H15N3O3S/c1-6-5-20-9(15-6)4-14-12(17)10-7(2)11(13(18)19)16-8(10)3/h5,16H,4H2,1-3H3,(H,14,17)(H,18,19). The number of H-pyrrole nitrogens is 1. The largest absolute Gasteiger partial charge is 0.477 e. The monoisotopic (exact) mass is 293 g/mol. The third kappa shape index (κ3) is 2.72. The van der Waals surface area contributed by atoms with Gasteiger partial charge in [-0.25, -0.2) is 9.78 Å². The molecule has 2 heterocycles. The van der Waals surface area contributed by atoms with Crippen molar-refractivity contribution < 1.29 is 14.7 Å². The number of aromatic nitrogens is 2. The lowest BCUT2D eigenvalue weighted by Gasteiger charge is -2.04. The molecule has 2 rings (SSSR count). The molecule has 0 aliphatic carbocycles. The Morgan fingerprint density at radius 1 is 1.40 bits per heavy atom. The number of nitrogens with zero attached hydrogens (tertiary/aromatic N) is 1. The van der Waals surface area contributed by atoms with Gasteiger partial charge in [-0.15, -0.1) is 11.3 Å². The lowest BCUT2D eigenvalue weighted by molar-refractivity contribution is 0.0690. The van der Waals surface area contributed by atoms with Crippen molar-refractivity contribution in [1.82, 2.24) is 15.3 Å². The van der Waals surface area contributed by atoms with Gasteiger partial charge in [0.05, 0.1) is 12.1 Å². The molecule has 0 aliphatic heterocycles. The van der Waals surface area contributed by atoms with Gasteiger partial charge in [-0.1, -0.05) is 0 Å². The van der Waals surface area contributed by atoms with Crippen LogP contribution in [0, 0.1) is 20.8 Å². The molecule has 7 heteroatoms. The summed E-state index contributed by atoms with van der Waals surface area (Å²) in [5.41, 5.74) is 2.35. The highest BCUT2D eigenvalue weighted by Crippen LogP contribution is 2.18. The number of rotatable bonds is 4. The summed E-state index contributed by atoms with van der Waals surface area (Å²) < 4.78 is 0. The van der Waals surface area contributed by atoms with E-state index in [9.17, 15) is 9.59 Å². The van der Waals surface area contributed by atoms with E-state index in [0.717, 1.165) is 10.7 Å². The predicted molar refractivity (Wildman–Crippen MR) is 75.2 cm³/mol. The quantitative estimate of drug-likeness (QED) is 0.803. The molecule has 0 atom stereocenters.